The molecule has 0 bridgehead atoms. The Bertz CT molecular complexity index is 515. The summed E-state index contributed by atoms with van der Waals surface area (Å²) in [5.74, 6) is -0.116. The monoisotopic (exact) mass is 298 g/mol. The van der Waals surface area contributed by atoms with Gasteiger partial charge in [0.05, 0.1) is 0 Å². The van der Waals surface area contributed by atoms with Crippen LogP contribution in [-0.4, -0.2) is 19.0 Å². The molecule has 1 amide bonds. The maximum atomic E-state index is 13.4. The number of nitrogens with one attached hydrogen (secondary N) is 2. The molecular formula is C15H20ClFN2O. The van der Waals surface area contributed by atoms with Crippen LogP contribution in [0.1, 0.15) is 24.8 Å². The predicted octanol–water partition coefficient (Wildman–Crippen LogP) is 2.88. The maximum absolute atomic E-state index is 13.4. The molecule has 3 nitrogen and oxygen atoms in total. The largest absolute Gasteiger partial charge is 0.326 e. The first kappa shape index (κ1) is 15.3. The van der Waals surface area contributed by atoms with E-state index in [1.165, 1.54) is 6.07 Å². The quantitative estimate of drug-likeness (QED) is 0.881. The zero-order valence-corrected chi connectivity index (χ0v) is 12.4. The van der Waals surface area contributed by atoms with E-state index in [1.807, 2.05) is 0 Å². The second-order valence-corrected chi connectivity index (χ2v) is 5.82. The summed E-state index contributed by atoms with van der Waals surface area (Å²) >= 11 is 0. The van der Waals surface area contributed by atoms with Crippen LogP contribution in [0.4, 0.5) is 10.1 Å². The molecule has 1 aromatic rings. The Balaban J connectivity index is 0.00000147. The van der Waals surface area contributed by atoms with Crippen molar-refractivity contribution >= 4 is 24.0 Å². The fraction of sp³-hybridized carbons (Fsp3) is 0.533. The average molecular weight is 299 g/mol. The standard InChI is InChI=1S/C15H19FN2O.ClH/c1-10-2-3-11(8-13(10)16)18-14(19)12-9-15(12)4-6-17-7-5-15;/h2-3,8,12,17H,4-7,9H2,1H3,(H,18,19);1H. The van der Waals surface area contributed by atoms with Crippen molar-refractivity contribution in [3.8, 4) is 0 Å². The van der Waals surface area contributed by atoms with E-state index in [1.54, 1.807) is 19.1 Å². The fourth-order valence-electron chi connectivity index (χ4n) is 3.10. The minimum absolute atomic E-state index is 0. The first-order valence-corrected chi connectivity index (χ1v) is 6.88. The molecule has 1 heterocycles. The second kappa shape index (κ2) is 5.70. The van der Waals surface area contributed by atoms with Gasteiger partial charge in [0.15, 0.2) is 0 Å². The number of carbonyl (C=O) groups excluding carboxylic acids is 1. The number of carbonyl (C=O) groups is 1. The molecular weight excluding hydrogens is 279 g/mol. The number of hydrogen-bond acceptors (Lipinski definition) is 2. The van der Waals surface area contributed by atoms with Gasteiger partial charge >= 0.3 is 0 Å². The van der Waals surface area contributed by atoms with Crippen LogP contribution in [0, 0.1) is 24.1 Å². The van der Waals surface area contributed by atoms with Crippen LogP contribution in [-0.2, 0) is 4.79 Å². The summed E-state index contributed by atoms with van der Waals surface area (Å²) in [6.07, 6.45) is 3.13. The smallest absolute Gasteiger partial charge is 0.228 e. The summed E-state index contributed by atoms with van der Waals surface area (Å²) in [5, 5.41) is 6.17. The fourth-order valence-corrected chi connectivity index (χ4v) is 3.10. The average Bonchev–Trinajstić information content (AvgIpc) is 3.08. The van der Waals surface area contributed by atoms with Gasteiger partial charge in [-0.25, -0.2) is 4.39 Å². The van der Waals surface area contributed by atoms with Crippen molar-refractivity contribution in [1.82, 2.24) is 5.32 Å². The number of anilines is 1. The summed E-state index contributed by atoms with van der Waals surface area (Å²) in [7, 11) is 0. The molecule has 110 valence electrons. The third kappa shape index (κ3) is 2.81. The molecule has 20 heavy (non-hydrogen) atoms. The minimum atomic E-state index is -0.273. The van der Waals surface area contributed by atoms with Gasteiger partial charge in [-0.3, -0.25) is 4.79 Å². The molecule has 1 aliphatic carbocycles. The topological polar surface area (TPSA) is 41.1 Å². The van der Waals surface area contributed by atoms with Crippen molar-refractivity contribution in [2.45, 2.75) is 26.2 Å². The molecule has 5 heteroatoms. The summed E-state index contributed by atoms with van der Waals surface area (Å²) in [5.41, 5.74) is 1.38. The first-order chi connectivity index (χ1) is 9.11. The molecule has 1 spiro atoms. The third-order valence-corrected chi connectivity index (χ3v) is 4.54. The first-order valence-electron chi connectivity index (χ1n) is 6.88. The predicted molar refractivity (Wildman–Crippen MR) is 79.7 cm³/mol. The molecule has 3 rings (SSSR count). The molecule has 1 atom stereocenters. The Morgan fingerprint density at radius 2 is 2.10 bits per heavy atom. The van der Waals surface area contributed by atoms with Gasteiger partial charge in [-0.2, -0.15) is 0 Å². The highest BCUT2D eigenvalue weighted by molar-refractivity contribution is 5.95. The van der Waals surface area contributed by atoms with Crippen LogP contribution in [0.5, 0.6) is 0 Å². The molecule has 1 unspecified atom stereocenters. The van der Waals surface area contributed by atoms with Crippen LogP contribution in [0.15, 0.2) is 18.2 Å². The zero-order valence-electron chi connectivity index (χ0n) is 11.5. The molecule has 1 saturated carbocycles. The Morgan fingerprint density at radius 1 is 1.40 bits per heavy atom. The summed E-state index contributed by atoms with van der Waals surface area (Å²) in [6, 6.07) is 4.84. The second-order valence-electron chi connectivity index (χ2n) is 5.82. The normalized spacial score (nSPS) is 23.0. The van der Waals surface area contributed by atoms with E-state index in [-0.39, 0.29) is 35.5 Å². The molecule has 2 aliphatic rings. The third-order valence-electron chi connectivity index (χ3n) is 4.54. The van der Waals surface area contributed by atoms with Crippen LogP contribution in [0.25, 0.3) is 0 Å². The van der Waals surface area contributed by atoms with Crippen LogP contribution < -0.4 is 10.6 Å². The number of hydrogen-bond donors (Lipinski definition) is 2. The summed E-state index contributed by atoms with van der Waals surface area (Å²) in [4.78, 5) is 12.2. The highest BCUT2D eigenvalue weighted by Crippen LogP contribution is 2.58. The van der Waals surface area contributed by atoms with Crippen molar-refractivity contribution in [3.63, 3.8) is 0 Å². The van der Waals surface area contributed by atoms with E-state index in [2.05, 4.69) is 10.6 Å². The molecule has 1 aromatic carbocycles. The minimum Gasteiger partial charge on any atom is -0.326 e. The van der Waals surface area contributed by atoms with Crippen molar-refractivity contribution in [2.24, 2.45) is 11.3 Å². The highest BCUT2D eigenvalue weighted by Gasteiger charge is 2.57. The molecule has 0 aromatic heterocycles. The van der Waals surface area contributed by atoms with E-state index in [9.17, 15) is 9.18 Å². The lowest BCUT2D eigenvalue weighted by Gasteiger charge is -2.23. The van der Waals surface area contributed by atoms with E-state index in [0.717, 1.165) is 32.4 Å². The molecule has 0 radical (unpaired) electrons. The van der Waals surface area contributed by atoms with E-state index in [0.29, 0.717) is 11.3 Å². The van der Waals surface area contributed by atoms with Gasteiger partial charge in [0.25, 0.3) is 0 Å². The van der Waals surface area contributed by atoms with E-state index < -0.39 is 0 Å². The maximum Gasteiger partial charge on any atom is 0.228 e. The number of benzene rings is 1. The number of aryl methyl sites for hydroxylation is 1. The van der Waals surface area contributed by atoms with Crippen LogP contribution in [0.2, 0.25) is 0 Å². The van der Waals surface area contributed by atoms with Gasteiger partial charge in [-0.1, -0.05) is 6.07 Å². The van der Waals surface area contributed by atoms with Gasteiger partial charge in [-0.15, -0.1) is 12.4 Å². The Kier molecular flexibility index (Phi) is 4.35. The highest BCUT2D eigenvalue weighted by atomic mass is 35.5. The van der Waals surface area contributed by atoms with Gasteiger partial charge in [0, 0.05) is 11.6 Å². The Morgan fingerprint density at radius 3 is 2.75 bits per heavy atom. The lowest BCUT2D eigenvalue weighted by Crippen LogP contribution is -2.31. The van der Waals surface area contributed by atoms with E-state index in [4.69, 9.17) is 0 Å². The molecule has 2 N–H and O–H groups in total. The molecule has 1 saturated heterocycles. The SMILES string of the molecule is Cc1ccc(NC(=O)C2CC23CCNCC3)cc1F.Cl. The molecule has 1 aliphatic heterocycles. The molecule has 2 fully saturated rings. The van der Waals surface area contributed by atoms with Crippen molar-refractivity contribution < 1.29 is 9.18 Å². The Labute approximate surface area is 124 Å². The van der Waals surface area contributed by atoms with Crippen molar-refractivity contribution in [3.05, 3.63) is 29.6 Å². The summed E-state index contributed by atoms with van der Waals surface area (Å²) < 4.78 is 13.4. The van der Waals surface area contributed by atoms with Gasteiger partial charge in [0.1, 0.15) is 5.82 Å². The van der Waals surface area contributed by atoms with Crippen LogP contribution in [0.3, 0.4) is 0 Å². The van der Waals surface area contributed by atoms with Gasteiger partial charge in [-0.05, 0) is 62.4 Å². The van der Waals surface area contributed by atoms with Gasteiger partial charge in [0.2, 0.25) is 5.91 Å². The lowest BCUT2D eigenvalue weighted by molar-refractivity contribution is -0.118. The Hall–Kier alpha value is -1.13. The number of amides is 1. The summed E-state index contributed by atoms with van der Waals surface area (Å²) in [6.45, 7) is 3.72. The van der Waals surface area contributed by atoms with Crippen molar-refractivity contribution in [1.29, 1.82) is 0 Å². The number of piperidine rings is 1. The van der Waals surface area contributed by atoms with Crippen molar-refractivity contribution in [2.75, 3.05) is 18.4 Å². The van der Waals surface area contributed by atoms with Gasteiger partial charge < -0.3 is 10.6 Å². The zero-order chi connectivity index (χ0) is 13.5. The number of rotatable bonds is 2. The lowest BCUT2D eigenvalue weighted by atomic mass is 9.92. The van der Waals surface area contributed by atoms with E-state index >= 15 is 0 Å². The van der Waals surface area contributed by atoms with Crippen LogP contribution >= 0.6 is 12.4 Å². The number of halogens is 2.